The molecule has 2 N–H and O–H groups in total. The fraction of sp³-hybridized carbons (Fsp3) is 0.729. The molecular weight excluding hydrogens is 791 g/mol. The molecule has 336 valence electrons. The summed E-state index contributed by atoms with van der Waals surface area (Å²) in [5, 5.41) is 15.5. The summed E-state index contributed by atoms with van der Waals surface area (Å²) in [5.74, 6) is -8.41. The van der Waals surface area contributed by atoms with Crippen molar-refractivity contribution in [3.8, 4) is 0 Å². The van der Waals surface area contributed by atoms with E-state index in [0.717, 1.165) is 69.8 Å². The molecule has 1 aromatic rings. The molecule has 0 heterocycles. The fourth-order valence-corrected chi connectivity index (χ4v) is 14.4. The maximum absolute atomic E-state index is 14.7. The Labute approximate surface area is 358 Å². The summed E-state index contributed by atoms with van der Waals surface area (Å²) in [6.45, 7) is 24.7. The normalized spacial score (nSPS) is 35.0. The number of ketones is 1. The van der Waals surface area contributed by atoms with Crippen LogP contribution in [0.15, 0.2) is 17.3 Å². The van der Waals surface area contributed by atoms with Crippen LogP contribution in [0.5, 0.6) is 0 Å². The van der Waals surface area contributed by atoms with E-state index in [0.29, 0.717) is 24.2 Å². The summed E-state index contributed by atoms with van der Waals surface area (Å²) in [6, 6.07) is 0. The standard InChI is InChI=1S/C48H65F4N3O6/c1-26(2)27-15-20-48(24-33(57)54-23-11-12-29(56)35-37(49)39(51)41(55-53-10)40(52)38(35)50)22-21-46(8)28(36(27)48)13-14-31-45(7)18-17-32(61-34(58)25-43(3,4)42(59)60)44(5,6)30(45)16-19-47(31,46)9/h27-28,30-32,36H,1,10-25H2,2-9H3,(H-,54,57,59,60)/p+1/t27-,28+,30-,31+,32-,36+,45-,46+,47+,48+/m0/s1. The molecule has 1 aromatic carbocycles. The van der Waals surface area contributed by atoms with Crippen molar-refractivity contribution in [2.24, 2.45) is 67.2 Å². The number of Topliss-reactive ketones (excluding diaryl/α,β-unsaturated/α-hetero) is 1. The smallest absolute Gasteiger partial charge is 0.309 e. The molecule has 0 aromatic heterocycles. The Balaban J connectivity index is 1.15. The first-order valence-corrected chi connectivity index (χ1v) is 22.2. The molecule has 0 unspecified atom stereocenters. The number of hydrogen-bond acceptors (Lipinski definition) is 6. The number of benzene rings is 1. The Morgan fingerprint density at radius 3 is 2.13 bits per heavy atom. The Morgan fingerprint density at radius 2 is 1.52 bits per heavy atom. The number of nitrogens with one attached hydrogen (secondary N) is 1. The molecule has 0 bridgehead atoms. The molecule has 9 nitrogen and oxygen atoms in total. The van der Waals surface area contributed by atoms with Crippen molar-refractivity contribution in [1.29, 1.82) is 0 Å². The molecule has 5 fully saturated rings. The summed E-state index contributed by atoms with van der Waals surface area (Å²) >= 11 is 0. The number of esters is 1. The van der Waals surface area contributed by atoms with Gasteiger partial charge in [0, 0.05) is 29.6 Å². The third-order valence-corrected chi connectivity index (χ3v) is 17.7. The number of hydrogen-bond donors (Lipinski definition) is 2. The summed E-state index contributed by atoms with van der Waals surface area (Å²) in [4.78, 5) is 54.4. The van der Waals surface area contributed by atoms with E-state index in [-0.39, 0.29) is 70.3 Å². The van der Waals surface area contributed by atoms with Gasteiger partial charge in [0.05, 0.1) is 17.4 Å². The summed E-state index contributed by atoms with van der Waals surface area (Å²) in [7, 11) is 0. The highest BCUT2D eigenvalue weighted by Gasteiger charge is 2.71. The first kappa shape index (κ1) is 46.6. The van der Waals surface area contributed by atoms with Gasteiger partial charge in [-0.1, -0.05) is 46.8 Å². The molecule has 0 aliphatic heterocycles. The van der Waals surface area contributed by atoms with Crippen LogP contribution in [-0.4, -0.2) is 52.9 Å². The second kappa shape index (κ2) is 16.4. The first-order chi connectivity index (χ1) is 28.3. The van der Waals surface area contributed by atoms with E-state index in [9.17, 15) is 41.8 Å². The Morgan fingerprint density at radius 1 is 0.869 bits per heavy atom. The quantitative estimate of drug-likeness (QED) is 0.0233. The monoisotopic (exact) mass is 856 g/mol. The SMILES string of the molecule is C=[N+]=Nc1c(F)c(F)c(C(=O)CCCNC(=O)C[C@]23CC[C@@H](C(=C)C)[C@@H]2[C@H]2CC[C@@H]4[C@@]5(C)CC[C@H](OC(=O)CC(C)(C)C(=O)O)C(C)(C)[C@@H]5CC[C@@]4(C)[C@]2(C)CC3)c(F)c1F. The molecule has 6 rings (SSSR count). The van der Waals surface area contributed by atoms with E-state index in [1.807, 2.05) is 0 Å². The largest absolute Gasteiger partial charge is 0.481 e. The van der Waals surface area contributed by atoms with Crippen molar-refractivity contribution in [3.05, 3.63) is 41.0 Å². The second-order valence-corrected chi connectivity index (χ2v) is 21.5. The number of halogens is 4. The number of amides is 1. The molecule has 5 saturated carbocycles. The van der Waals surface area contributed by atoms with Gasteiger partial charge in [0.25, 0.3) is 6.72 Å². The van der Waals surface area contributed by atoms with Gasteiger partial charge in [0.2, 0.25) is 11.6 Å². The maximum Gasteiger partial charge on any atom is 0.309 e. The fourth-order valence-electron chi connectivity index (χ4n) is 14.4. The van der Waals surface area contributed by atoms with Crippen molar-refractivity contribution in [1.82, 2.24) is 5.32 Å². The van der Waals surface area contributed by atoms with Gasteiger partial charge < -0.3 is 15.2 Å². The van der Waals surface area contributed by atoms with E-state index in [4.69, 9.17) is 4.74 Å². The number of carboxylic acid groups (broad SMARTS) is 1. The van der Waals surface area contributed by atoms with Crippen LogP contribution in [0.4, 0.5) is 23.2 Å². The van der Waals surface area contributed by atoms with Gasteiger partial charge >= 0.3 is 11.9 Å². The van der Waals surface area contributed by atoms with E-state index in [1.54, 1.807) is 13.8 Å². The van der Waals surface area contributed by atoms with E-state index in [2.05, 4.69) is 70.1 Å². The lowest BCUT2D eigenvalue weighted by molar-refractivity contribution is -0.250. The molecule has 0 saturated heterocycles. The van der Waals surface area contributed by atoms with Crippen molar-refractivity contribution in [2.75, 3.05) is 6.54 Å². The van der Waals surface area contributed by atoms with Crippen LogP contribution in [0.1, 0.15) is 156 Å². The minimum atomic E-state index is -1.85. The van der Waals surface area contributed by atoms with Crippen LogP contribution in [0.2, 0.25) is 0 Å². The maximum atomic E-state index is 14.7. The zero-order chi connectivity index (χ0) is 45.2. The Bertz CT molecular complexity index is 2020. The van der Waals surface area contributed by atoms with Gasteiger partial charge in [0.15, 0.2) is 29.1 Å². The molecule has 10 atom stereocenters. The van der Waals surface area contributed by atoms with Gasteiger partial charge in [-0.15, -0.1) is 0 Å². The highest BCUT2D eigenvalue weighted by Crippen LogP contribution is 2.78. The molecule has 5 aliphatic rings. The number of carbonyl (C=O) groups is 4. The zero-order valence-electron chi connectivity index (χ0n) is 37.4. The predicted molar refractivity (Wildman–Crippen MR) is 222 cm³/mol. The van der Waals surface area contributed by atoms with Gasteiger partial charge in [-0.25, -0.2) is 17.6 Å². The van der Waals surface area contributed by atoms with Crippen molar-refractivity contribution in [3.63, 3.8) is 0 Å². The topological polar surface area (TPSA) is 136 Å². The van der Waals surface area contributed by atoms with E-state index < -0.39 is 64.1 Å². The number of aliphatic carboxylic acids is 1. The molecule has 1 amide bonds. The molecule has 61 heavy (non-hydrogen) atoms. The number of carboxylic acids is 1. The average Bonchev–Trinajstić information content (AvgIpc) is 3.55. The van der Waals surface area contributed by atoms with Gasteiger partial charge in [-0.2, -0.15) is 0 Å². The molecule has 0 radical (unpaired) electrons. The van der Waals surface area contributed by atoms with E-state index >= 15 is 0 Å². The zero-order valence-corrected chi connectivity index (χ0v) is 37.4. The van der Waals surface area contributed by atoms with Crippen LogP contribution < -0.4 is 5.32 Å². The van der Waals surface area contributed by atoms with Crippen LogP contribution in [-0.2, 0) is 19.1 Å². The summed E-state index contributed by atoms with van der Waals surface area (Å²) in [6.07, 6.45) is 9.06. The van der Waals surface area contributed by atoms with Gasteiger partial charge in [-0.3, -0.25) is 19.2 Å². The van der Waals surface area contributed by atoms with E-state index in [1.165, 1.54) is 0 Å². The molecular formula is C48H66F4N3O6+. The summed E-state index contributed by atoms with van der Waals surface area (Å²) in [5.41, 5.74) is -3.12. The molecule has 13 heteroatoms. The average molecular weight is 857 g/mol. The van der Waals surface area contributed by atoms with Gasteiger partial charge in [-0.05, 0) is 143 Å². The van der Waals surface area contributed by atoms with Crippen molar-refractivity contribution in [2.45, 2.75) is 151 Å². The summed E-state index contributed by atoms with van der Waals surface area (Å²) < 4.78 is 64.2. The number of nitrogens with zero attached hydrogens (tertiary/aromatic N) is 2. The highest BCUT2D eigenvalue weighted by molar-refractivity contribution is 5.97. The minimum absolute atomic E-state index is 0.0147. The lowest BCUT2D eigenvalue weighted by Gasteiger charge is -2.73. The third-order valence-electron chi connectivity index (χ3n) is 17.7. The lowest BCUT2D eigenvalue weighted by atomic mass is 9.32. The number of rotatable bonds is 13. The van der Waals surface area contributed by atoms with Crippen LogP contribution in [0, 0.1) is 85.3 Å². The Kier molecular flexibility index (Phi) is 12.5. The van der Waals surface area contributed by atoms with Crippen molar-refractivity contribution < 1.29 is 51.4 Å². The first-order valence-electron chi connectivity index (χ1n) is 22.2. The van der Waals surface area contributed by atoms with Crippen LogP contribution in [0.3, 0.4) is 0 Å². The number of allylic oxidation sites excluding steroid dienone is 1. The Hall–Kier alpha value is -3.86. The van der Waals surface area contributed by atoms with Gasteiger partial charge in [0.1, 0.15) is 11.2 Å². The third kappa shape index (κ3) is 7.60. The molecule has 5 aliphatic carbocycles. The minimum Gasteiger partial charge on any atom is -0.481 e. The highest BCUT2D eigenvalue weighted by atomic mass is 19.2. The number of ether oxygens (including phenoxy) is 1. The lowest BCUT2D eigenvalue weighted by Crippen LogP contribution is -2.67. The van der Waals surface area contributed by atoms with Crippen LogP contribution >= 0.6 is 0 Å². The molecule has 0 spiro atoms. The van der Waals surface area contributed by atoms with Crippen LogP contribution in [0.25, 0.3) is 0 Å². The predicted octanol–water partition coefficient (Wildman–Crippen LogP) is 10.8. The number of fused-ring (bicyclic) bond motifs is 7. The van der Waals surface area contributed by atoms with Crippen molar-refractivity contribution >= 4 is 36.0 Å². The number of carbonyl (C=O) groups excluding carboxylic acids is 3. The second-order valence-electron chi connectivity index (χ2n) is 21.5.